The van der Waals surface area contributed by atoms with Crippen molar-refractivity contribution in [3.8, 4) is 0 Å². The van der Waals surface area contributed by atoms with Gasteiger partial charge in [0.15, 0.2) is 0 Å². The summed E-state index contributed by atoms with van der Waals surface area (Å²) >= 11 is 5.65. The number of pyridine rings is 1. The molecule has 0 aromatic carbocycles. The average Bonchev–Trinajstić information content (AvgIpc) is 2.80. The standard InChI is InChI=1S/C9H8ClN5O2/c10-6-3-8(15(16)17)9(11-4-6)12-5-7-1-2-13-14-7/h1-4H,5H2,(H,11,12)(H,13,14). The lowest BCUT2D eigenvalue weighted by Crippen LogP contribution is -2.04. The minimum absolute atomic E-state index is 0.156. The van der Waals surface area contributed by atoms with E-state index < -0.39 is 4.92 Å². The minimum Gasteiger partial charge on any atom is -0.359 e. The van der Waals surface area contributed by atoms with Crippen LogP contribution in [0, 0.1) is 10.1 Å². The molecule has 0 radical (unpaired) electrons. The van der Waals surface area contributed by atoms with Crippen LogP contribution in [0.2, 0.25) is 5.02 Å². The van der Waals surface area contributed by atoms with Gasteiger partial charge in [-0.3, -0.25) is 15.2 Å². The fourth-order valence-corrected chi connectivity index (χ4v) is 1.42. The molecule has 2 aromatic rings. The molecule has 0 saturated heterocycles. The number of hydrogen-bond donors (Lipinski definition) is 2. The number of nitrogens with one attached hydrogen (secondary N) is 2. The first-order valence-electron chi connectivity index (χ1n) is 4.69. The fourth-order valence-electron chi connectivity index (χ4n) is 1.27. The molecule has 0 atom stereocenters. The Hall–Kier alpha value is -2.15. The second-order valence-electron chi connectivity index (χ2n) is 3.21. The van der Waals surface area contributed by atoms with Gasteiger partial charge in [-0.05, 0) is 6.07 Å². The normalized spacial score (nSPS) is 10.2. The van der Waals surface area contributed by atoms with Crippen LogP contribution < -0.4 is 5.32 Å². The Morgan fingerprint density at radius 3 is 3.06 bits per heavy atom. The van der Waals surface area contributed by atoms with Crippen LogP contribution in [-0.2, 0) is 6.54 Å². The third-order valence-corrected chi connectivity index (χ3v) is 2.24. The second kappa shape index (κ2) is 4.79. The first kappa shape index (κ1) is 11.3. The van der Waals surface area contributed by atoms with Crippen LogP contribution in [0.5, 0.6) is 0 Å². The zero-order valence-corrected chi connectivity index (χ0v) is 9.31. The topological polar surface area (TPSA) is 96.7 Å². The number of hydrogen-bond acceptors (Lipinski definition) is 5. The predicted octanol–water partition coefficient (Wildman–Crippen LogP) is 1.98. The first-order chi connectivity index (χ1) is 8.16. The number of halogens is 1. The summed E-state index contributed by atoms with van der Waals surface area (Å²) < 4.78 is 0. The lowest BCUT2D eigenvalue weighted by molar-refractivity contribution is -0.384. The van der Waals surface area contributed by atoms with Crippen LogP contribution in [0.25, 0.3) is 0 Å². The monoisotopic (exact) mass is 253 g/mol. The molecule has 0 aliphatic carbocycles. The summed E-state index contributed by atoms with van der Waals surface area (Å²) in [6.07, 6.45) is 2.95. The van der Waals surface area contributed by atoms with Crippen molar-refractivity contribution >= 4 is 23.1 Å². The molecule has 0 fully saturated rings. The molecule has 0 aliphatic rings. The highest BCUT2D eigenvalue weighted by molar-refractivity contribution is 6.30. The maximum Gasteiger partial charge on any atom is 0.312 e. The van der Waals surface area contributed by atoms with Crippen LogP contribution in [0.4, 0.5) is 11.5 Å². The molecule has 0 aliphatic heterocycles. The van der Waals surface area contributed by atoms with Gasteiger partial charge in [0.2, 0.25) is 5.82 Å². The molecule has 0 saturated carbocycles. The summed E-state index contributed by atoms with van der Waals surface area (Å²) in [4.78, 5) is 14.1. The van der Waals surface area contributed by atoms with Crippen molar-refractivity contribution in [2.75, 3.05) is 5.32 Å². The predicted molar refractivity (Wildman–Crippen MR) is 61.8 cm³/mol. The molecule has 8 heteroatoms. The molecule has 0 unspecified atom stereocenters. The van der Waals surface area contributed by atoms with E-state index in [2.05, 4.69) is 20.5 Å². The highest BCUT2D eigenvalue weighted by atomic mass is 35.5. The van der Waals surface area contributed by atoms with E-state index in [0.717, 1.165) is 5.69 Å². The van der Waals surface area contributed by atoms with E-state index in [1.54, 1.807) is 12.3 Å². The third kappa shape index (κ3) is 2.70. The van der Waals surface area contributed by atoms with Crippen LogP contribution in [-0.4, -0.2) is 20.1 Å². The van der Waals surface area contributed by atoms with E-state index >= 15 is 0 Å². The number of aromatic nitrogens is 3. The largest absolute Gasteiger partial charge is 0.359 e. The second-order valence-corrected chi connectivity index (χ2v) is 3.65. The van der Waals surface area contributed by atoms with Gasteiger partial charge in [-0.15, -0.1) is 0 Å². The van der Waals surface area contributed by atoms with Crippen LogP contribution >= 0.6 is 11.6 Å². The molecule has 7 nitrogen and oxygen atoms in total. The molecule has 0 amide bonds. The number of rotatable bonds is 4. The van der Waals surface area contributed by atoms with Crippen molar-refractivity contribution in [1.82, 2.24) is 15.2 Å². The molecule has 2 rings (SSSR count). The van der Waals surface area contributed by atoms with Gasteiger partial charge in [0.05, 0.1) is 22.2 Å². The Labute approximate surface area is 101 Å². The van der Waals surface area contributed by atoms with Gasteiger partial charge in [-0.25, -0.2) is 4.98 Å². The SMILES string of the molecule is O=[N+]([O-])c1cc(Cl)cnc1NCc1ccn[nH]1. The van der Waals surface area contributed by atoms with Crippen molar-refractivity contribution in [2.24, 2.45) is 0 Å². The molecule has 0 bridgehead atoms. The Morgan fingerprint density at radius 1 is 1.59 bits per heavy atom. The highest BCUT2D eigenvalue weighted by Crippen LogP contribution is 2.25. The van der Waals surface area contributed by atoms with Crippen LogP contribution in [0.3, 0.4) is 0 Å². The minimum atomic E-state index is -0.534. The third-order valence-electron chi connectivity index (χ3n) is 2.04. The van der Waals surface area contributed by atoms with Gasteiger partial charge in [-0.1, -0.05) is 11.6 Å². The first-order valence-corrected chi connectivity index (χ1v) is 5.06. The van der Waals surface area contributed by atoms with Crippen LogP contribution in [0.1, 0.15) is 5.69 Å². The van der Waals surface area contributed by atoms with E-state index in [1.807, 2.05) is 0 Å². The average molecular weight is 254 g/mol. The molecule has 0 spiro atoms. The zero-order chi connectivity index (χ0) is 12.3. The number of nitrogens with zero attached hydrogens (tertiary/aromatic N) is 3. The van der Waals surface area contributed by atoms with Gasteiger partial charge in [0.1, 0.15) is 0 Å². The summed E-state index contributed by atoms with van der Waals surface area (Å²) in [6.45, 7) is 0.371. The Kier molecular flexibility index (Phi) is 3.20. The van der Waals surface area contributed by atoms with E-state index in [1.165, 1.54) is 12.3 Å². The van der Waals surface area contributed by atoms with Gasteiger partial charge in [-0.2, -0.15) is 5.10 Å². The highest BCUT2D eigenvalue weighted by Gasteiger charge is 2.15. The summed E-state index contributed by atoms with van der Waals surface area (Å²) in [5, 5.41) is 20.3. The lowest BCUT2D eigenvalue weighted by atomic mass is 10.3. The van der Waals surface area contributed by atoms with Crippen molar-refractivity contribution < 1.29 is 4.92 Å². The Bertz CT molecular complexity index is 528. The van der Waals surface area contributed by atoms with Gasteiger partial charge >= 0.3 is 5.69 Å². The quantitative estimate of drug-likeness (QED) is 0.641. The van der Waals surface area contributed by atoms with Crippen LogP contribution in [0.15, 0.2) is 24.5 Å². The molecule has 2 heterocycles. The maximum absolute atomic E-state index is 10.8. The fraction of sp³-hybridized carbons (Fsp3) is 0.111. The smallest absolute Gasteiger partial charge is 0.312 e. The summed E-state index contributed by atoms with van der Waals surface area (Å²) in [6, 6.07) is 3.01. The zero-order valence-electron chi connectivity index (χ0n) is 8.55. The summed E-state index contributed by atoms with van der Waals surface area (Å²) in [7, 11) is 0. The molecular formula is C9H8ClN5O2. The Balaban J connectivity index is 2.17. The van der Waals surface area contributed by atoms with Crippen molar-refractivity contribution in [2.45, 2.75) is 6.54 Å². The van der Waals surface area contributed by atoms with Crippen molar-refractivity contribution in [1.29, 1.82) is 0 Å². The molecular weight excluding hydrogens is 246 g/mol. The van der Waals surface area contributed by atoms with Gasteiger partial charge in [0, 0.05) is 18.5 Å². The van der Waals surface area contributed by atoms with Gasteiger partial charge in [0.25, 0.3) is 0 Å². The van der Waals surface area contributed by atoms with Crippen molar-refractivity contribution in [3.63, 3.8) is 0 Å². The van der Waals surface area contributed by atoms with Gasteiger partial charge < -0.3 is 5.32 Å². The number of anilines is 1. The maximum atomic E-state index is 10.8. The Morgan fingerprint density at radius 2 is 2.41 bits per heavy atom. The molecule has 2 N–H and O–H groups in total. The van der Waals surface area contributed by atoms with Crippen molar-refractivity contribution in [3.05, 3.63) is 45.4 Å². The van der Waals surface area contributed by atoms with E-state index in [0.29, 0.717) is 6.54 Å². The van der Waals surface area contributed by atoms with E-state index in [9.17, 15) is 10.1 Å². The van der Waals surface area contributed by atoms with E-state index in [4.69, 9.17) is 11.6 Å². The number of nitro groups is 1. The number of aromatic amines is 1. The number of H-pyrrole nitrogens is 1. The summed E-state index contributed by atoms with van der Waals surface area (Å²) in [5.41, 5.74) is 0.646. The molecule has 2 aromatic heterocycles. The molecule has 88 valence electrons. The summed E-state index contributed by atoms with van der Waals surface area (Å²) in [5.74, 6) is 0.175. The van der Waals surface area contributed by atoms with E-state index in [-0.39, 0.29) is 16.5 Å². The lowest BCUT2D eigenvalue weighted by Gasteiger charge is -2.04. The molecule has 17 heavy (non-hydrogen) atoms.